The molecule has 0 aliphatic rings. The van der Waals surface area contributed by atoms with Crippen LogP contribution in [0.1, 0.15) is 102 Å². The van der Waals surface area contributed by atoms with E-state index in [4.69, 9.17) is 20.9 Å². The molecule has 2 aromatic rings. The first kappa shape index (κ1) is 26.3. The molecule has 0 heterocycles. The predicted octanol–water partition coefficient (Wildman–Crippen LogP) is 9.67. The standard InChI is InChI=1S/C26H39O2PS2/c1-5-7-9-12-21(3)23-16-18-25(19-17-23)27-29(30,31)28-26-15-11-14-24(20-26)22(4)13-10-8-6-2/h11,14-22H,5-10,12-13H2,1-4H3,(H,30,31)/t21-,22-/m1/s1. The number of rotatable bonds is 14. The fraction of sp³-hybridized carbons (Fsp3) is 0.538. The molecule has 31 heavy (non-hydrogen) atoms. The highest BCUT2D eigenvalue weighted by Gasteiger charge is 2.18. The van der Waals surface area contributed by atoms with E-state index in [0.717, 1.165) is 5.75 Å². The first-order chi connectivity index (χ1) is 14.8. The summed E-state index contributed by atoms with van der Waals surface area (Å²) in [5.41, 5.74) is -0.134. The maximum Gasteiger partial charge on any atom is 0.345 e. The largest absolute Gasteiger partial charge is 0.428 e. The van der Waals surface area contributed by atoms with E-state index < -0.39 is 5.69 Å². The molecule has 0 amide bonds. The van der Waals surface area contributed by atoms with Gasteiger partial charge in [-0.05, 0) is 71.9 Å². The van der Waals surface area contributed by atoms with Gasteiger partial charge < -0.3 is 9.05 Å². The molecular formula is C26H39O2PS2. The lowest BCUT2D eigenvalue weighted by Gasteiger charge is -2.20. The zero-order valence-corrected chi connectivity index (χ0v) is 22.2. The van der Waals surface area contributed by atoms with E-state index >= 15 is 0 Å². The van der Waals surface area contributed by atoms with Gasteiger partial charge in [0.05, 0.1) is 0 Å². The number of hydrogen-bond acceptors (Lipinski definition) is 3. The third kappa shape index (κ3) is 9.60. The molecule has 0 fully saturated rings. The summed E-state index contributed by atoms with van der Waals surface area (Å²) in [7, 11) is 0. The van der Waals surface area contributed by atoms with E-state index in [1.165, 1.54) is 62.5 Å². The van der Waals surface area contributed by atoms with Gasteiger partial charge in [-0.2, -0.15) is 0 Å². The lowest BCUT2D eigenvalue weighted by molar-refractivity contribution is 0.505. The topological polar surface area (TPSA) is 18.5 Å². The molecule has 2 aromatic carbocycles. The fourth-order valence-electron chi connectivity index (χ4n) is 3.75. The van der Waals surface area contributed by atoms with E-state index in [-0.39, 0.29) is 0 Å². The van der Waals surface area contributed by atoms with Crippen molar-refractivity contribution in [3.05, 3.63) is 59.7 Å². The molecule has 0 aliphatic heterocycles. The van der Waals surface area contributed by atoms with E-state index in [9.17, 15) is 0 Å². The molecule has 1 unspecified atom stereocenters. The zero-order valence-electron chi connectivity index (χ0n) is 19.5. The van der Waals surface area contributed by atoms with Crippen molar-refractivity contribution < 1.29 is 9.05 Å². The van der Waals surface area contributed by atoms with Crippen LogP contribution in [0, 0.1) is 0 Å². The normalized spacial score (nSPS) is 15.1. The van der Waals surface area contributed by atoms with Crippen LogP contribution in [-0.2, 0) is 11.8 Å². The van der Waals surface area contributed by atoms with Crippen LogP contribution in [0.2, 0.25) is 0 Å². The summed E-state index contributed by atoms with van der Waals surface area (Å²) in [6.45, 7) is 9.03. The minimum Gasteiger partial charge on any atom is -0.428 e. The van der Waals surface area contributed by atoms with Gasteiger partial charge in [0.1, 0.15) is 11.5 Å². The summed E-state index contributed by atoms with van der Waals surface area (Å²) in [4.78, 5) is 0. The Bertz CT molecular complexity index is 822. The molecule has 0 saturated heterocycles. The molecule has 2 nitrogen and oxygen atoms in total. The first-order valence-electron chi connectivity index (χ1n) is 11.8. The van der Waals surface area contributed by atoms with Crippen molar-refractivity contribution in [1.29, 1.82) is 0 Å². The fourth-order valence-corrected chi connectivity index (χ4v) is 5.64. The molecule has 0 N–H and O–H groups in total. The van der Waals surface area contributed by atoms with Crippen LogP contribution in [0.4, 0.5) is 0 Å². The molecule has 0 aromatic heterocycles. The average molecular weight is 479 g/mol. The van der Waals surface area contributed by atoms with Gasteiger partial charge in [-0.25, -0.2) is 0 Å². The highest BCUT2D eigenvalue weighted by atomic mass is 32.9. The quantitative estimate of drug-likeness (QED) is 0.166. The van der Waals surface area contributed by atoms with Gasteiger partial charge in [0.25, 0.3) is 0 Å². The Kier molecular flexibility index (Phi) is 11.5. The van der Waals surface area contributed by atoms with Crippen molar-refractivity contribution in [2.75, 3.05) is 0 Å². The van der Waals surface area contributed by atoms with Crippen LogP contribution in [-0.4, -0.2) is 0 Å². The van der Waals surface area contributed by atoms with Crippen LogP contribution < -0.4 is 9.05 Å². The average Bonchev–Trinajstić information content (AvgIpc) is 2.74. The van der Waals surface area contributed by atoms with E-state index in [1.54, 1.807) is 0 Å². The van der Waals surface area contributed by atoms with Crippen molar-refractivity contribution in [1.82, 2.24) is 0 Å². The number of unbranched alkanes of at least 4 members (excludes halogenated alkanes) is 4. The molecule has 0 radical (unpaired) electrons. The molecule has 3 atom stereocenters. The van der Waals surface area contributed by atoms with E-state index in [1.807, 2.05) is 24.3 Å². The predicted molar refractivity (Wildman–Crippen MR) is 143 cm³/mol. The minimum absolute atomic E-state index is 0.501. The summed E-state index contributed by atoms with van der Waals surface area (Å²) in [6.07, 6.45) is 10.0. The molecule has 0 aliphatic carbocycles. The summed E-state index contributed by atoms with van der Waals surface area (Å²) in [6, 6.07) is 16.4. The maximum atomic E-state index is 6.03. The van der Waals surface area contributed by atoms with Crippen LogP contribution in [0.5, 0.6) is 11.5 Å². The molecule has 0 saturated carbocycles. The van der Waals surface area contributed by atoms with Crippen LogP contribution in [0.3, 0.4) is 0 Å². The third-order valence-corrected chi connectivity index (χ3v) is 7.62. The van der Waals surface area contributed by atoms with Crippen molar-refractivity contribution in [2.45, 2.75) is 90.9 Å². The molecule has 0 spiro atoms. The lowest BCUT2D eigenvalue weighted by Crippen LogP contribution is -1.98. The Morgan fingerprint density at radius 1 is 0.774 bits per heavy atom. The highest BCUT2D eigenvalue weighted by Crippen LogP contribution is 2.53. The Hall–Kier alpha value is -0.960. The number of thiol groups is 1. The van der Waals surface area contributed by atoms with Gasteiger partial charge in [0.2, 0.25) is 0 Å². The minimum atomic E-state index is -2.75. The van der Waals surface area contributed by atoms with Gasteiger partial charge in [0, 0.05) is 0 Å². The second-order valence-corrected chi connectivity index (χ2v) is 13.7. The monoisotopic (exact) mass is 478 g/mol. The van der Waals surface area contributed by atoms with Crippen molar-refractivity contribution in [3.8, 4) is 11.5 Å². The zero-order chi connectivity index (χ0) is 22.7. The Labute approximate surface area is 200 Å². The molecule has 0 bridgehead atoms. The second-order valence-electron chi connectivity index (χ2n) is 8.59. The second kappa shape index (κ2) is 13.6. The molecular weight excluding hydrogens is 439 g/mol. The van der Waals surface area contributed by atoms with Gasteiger partial charge in [-0.1, -0.05) is 103 Å². The Morgan fingerprint density at radius 3 is 1.90 bits per heavy atom. The Morgan fingerprint density at radius 2 is 1.32 bits per heavy atom. The molecule has 172 valence electrons. The van der Waals surface area contributed by atoms with Gasteiger partial charge in [-0.15, -0.1) is 0 Å². The summed E-state index contributed by atoms with van der Waals surface area (Å²) in [5.74, 6) is 2.50. The summed E-state index contributed by atoms with van der Waals surface area (Å²) < 4.78 is 12.0. The van der Waals surface area contributed by atoms with Crippen molar-refractivity contribution in [2.24, 2.45) is 0 Å². The Balaban J connectivity index is 1.95. The highest BCUT2D eigenvalue weighted by molar-refractivity contribution is 8.60. The van der Waals surface area contributed by atoms with E-state index in [2.05, 4.69) is 64.2 Å². The van der Waals surface area contributed by atoms with Crippen LogP contribution >= 0.6 is 17.9 Å². The summed E-state index contributed by atoms with van der Waals surface area (Å²) >= 11 is 10.2. The van der Waals surface area contributed by atoms with Gasteiger partial charge in [0.15, 0.2) is 0 Å². The maximum absolute atomic E-state index is 6.03. The summed E-state index contributed by atoms with van der Waals surface area (Å²) in [5, 5.41) is 0. The molecule has 5 heteroatoms. The smallest absolute Gasteiger partial charge is 0.345 e. The van der Waals surface area contributed by atoms with Gasteiger partial charge in [-0.3, -0.25) is 0 Å². The van der Waals surface area contributed by atoms with Gasteiger partial charge >= 0.3 is 5.69 Å². The SMILES string of the molecule is CCCCC[C@@H](C)c1ccc(OP(=S)(S)Oc2cccc([C@H](C)CCCCC)c2)cc1. The molecule has 2 rings (SSSR count). The van der Waals surface area contributed by atoms with Crippen LogP contribution in [0.15, 0.2) is 48.5 Å². The van der Waals surface area contributed by atoms with Crippen molar-refractivity contribution in [3.63, 3.8) is 0 Å². The van der Waals surface area contributed by atoms with Crippen LogP contribution in [0.25, 0.3) is 0 Å². The lowest BCUT2D eigenvalue weighted by atomic mass is 9.95. The third-order valence-electron chi connectivity index (χ3n) is 5.80. The van der Waals surface area contributed by atoms with E-state index in [0.29, 0.717) is 17.6 Å². The first-order valence-corrected chi connectivity index (χ1v) is 15.6. The number of hydrogen-bond donors (Lipinski definition) is 1. The number of benzene rings is 2. The van der Waals surface area contributed by atoms with Crippen molar-refractivity contribution >= 4 is 29.7 Å².